The van der Waals surface area contributed by atoms with Gasteiger partial charge in [-0.15, -0.1) is 0 Å². The van der Waals surface area contributed by atoms with Crippen molar-refractivity contribution in [3.8, 4) is 11.4 Å². The number of nitrogens with one attached hydrogen (secondary N) is 1. The molecule has 0 radical (unpaired) electrons. The van der Waals surface area contributed by atoms with E-state index in [4.69, 9.17) is 4.98 Å². The van der Waals surface area contributed by atoms with Gasteiger partial charge in [-0.2, -0.15) is 0 Å². The molecular weight excluding hydrogens is 220 g/mol. The van der Waals surface area contributed by atoms with Gasteiger partial charge < -0.3 is 4.98 Å². The van der Waals surface area contributed by atoms with Gasteiger partial charge >= 0.3 is 0 Å². The molecule has 1 heterocycles. The van der Waals surface area contributed by atoms with E-state index >= 15 is 0 Å². The molecule has 2 heteroatoms. The van der Waals surface area contributed by atoms with Crippen molar-refractivity contribution >= 4 is 11.0 Å². The molecule has 2 aromatic carbocycles. The van der Waals surface area contributed by atoms with E-state index < -0.39 is 0 Å². The second-order valence-corrected chi connectivity index (χ2v) is 4.94. The summed E-state index contributed by atoms with van der Waals surface area (Å²) >= 11 is 0. The highest BCUT2D eigenvalue weighted by molar-refractivity contribution is 5.81. The first-order valence-electron chi connectivity index (χ1n) is 6.47. The Morgan fingerprint density at radius 2 is 1.72 bits per heavy atom. The molecule has 0 saturated heterocycles. The molecule has 0 unspecified atom stereocenters. The lowest BCUT2D eigenvalue weighted by molar-refractivity contribution is 0.912. The molecule has 0 fully saturated rings. The van der Waals surface area contributed by atoms with Crippen LogP contribution in [0, 0.1) is 0 Å². The van der Waals surface area contributed by atoms with Crippen molar-refractivity contribution in [2.45, 2.75) is 19.3 Å². The lowest BCUT2D eigenvalue weighted by Gasteiger charge is -1.96. The quantitative estimate of drug-likeness (QED) is 0.683. The molecule has 0 aliphatic heterocycles. The summed E-state index contributed by atoms with van der Waals surface area (Å²) in [5, 5.41) is 0. The second-order valence-electron chi connectivity index (χ2n) is 4.94. The minimum absolute atomic E-state index is 0.967. The highest BCUT2D eigenvalue weighted by Gasteiger charge is 2.13. The van der Waals surface area contributed by atoms with Crippen molar-refractivity contribution in [2.75, 3.05) is 0 Å². The molecule has 0 saturated carbocycles. The number of rotatable bonds is 1. The van der Waals surface area contributed by atoms with Crippen LogP contribution in [-0.2, 0) is 12.8 Å². The Kier molecular flexibility index (Phi) is 2.04. The van der Waals surface area contributed by atoms with Crippen molar-refractivity contribution in [3.05, 3.63) is 53.6 Å². The van der Waals surface area contributed by atoms with Gasteiger partial charge in [0.1, 0.15) is 5.82 Å². The summed E-state index contributed by atoms with van der Waals surface area (Å²) in [6.45, 7) is 0. The SMILES string of the molecule is c1ccc(-c2nc3cc4c(cc3[nH]2)CCC4)cc1. The number of aromatic amines is 1. The van der Waals surface area contributed by atoms with Crippen molar-refractivity contribution < 1.29 is 0 Å². The van der Waals surface area contributed by atoms with E-state index in [1.165, 1.54) is 30.4 Å². The number of imidazole rings is 1. The highest BCUT2D eigenvalue weighted by atomic mass is 14.9. The number of H-pyrrole nitrogens is 1. The first-order chi connectivity index (χ1) is 8.90. The predicted octanol–water partition coefficient (Wildman–Crippen LogP) is 3.72. The Morgan fingerprint density at radius 3 is 2.56 bits per heavy atom. The summed E-state index contributed by atoms with van der Waals surface area (Å²) in [4.78, 5) is 8.14. The predicted molar refractivity (Wildman–Crippen MR) is 73.6 cm³/mol. The zero-order valence-electron chi connectivity index (χ0n) is 10.1. The summed E-state index contributed by atoms with van der Waals surface area (Å²) in [7, 11) is 0. The van der Waals surface area contributed by atoms with E-state index in [0.29, 0.717) is 0 Å². The summed E-state index contributed by atoms with van der Waals surface area (Å²) in [6.07, 6.45) is 3.71. The van der Waals surface area contributed by atoms with Gasteiger partial charge in [-0.05, 0) is 42.5 Å². The lowest BCUT2D eigenvalue weighted by Crippen LogP contribution is -1.81. The summed E-state index contributed by atoms with van der Waals surface area (Å²) in [5.74, 6) is 0.967. The van der Waals surface area contributed by atoms with Crippen LogP contribution in [0.25, 0.3) is 22.4 Å². The van der Waals surface area contributed by atoms with Gasteiger partial charge in [0.05, 0.1) is 11.0 Å². The van der Waals surface area contributed by atoms with Gasteiger partial charge in [0, 0.05) is 5.56 Å². The maximum atomic E-state index is 4.70. The Balaban J connectivity index is 1.90. The van der Waals surface area contributed by atoms with E-state index in [2.05, 4.69) is 29.2 Å². The number of benzene rings is 2. The van der Waals surface area contributed by atoms with E-state index in [-0.39, 0.29) is 0 Å². The van der Waals surface area contributed by atoms with E-state index in [0.717, 1.165) is 22.4 Å². The standard InChI is InChI=1S/C16H14N2/c1-2-5-11(6-3-1)16-17-14-9-12-7-4-8-13(12)10-15(14)18-16/h1-3,5-6,9-10H,4,7-8H2,(H,17,18). The fourth-order valence-electron chi connectivity index (χ4n) is 2.81. The zero-order chi connectivity index (χ0) is 11.9. The molecule has 0 amide bonds. The van der Waals surface area contributed by atoms with Crippen LogP contribution in [0.5, 0.6) is 0 Å². The van der Waals surface area contributed by atoms with E-state index in [1.54, 1.807) is 0 Å². The van der Waals surface area contributed by atoms with Gasteiger partial charge in [0.25, 0.3) is 0 Å². The first kappa shape index (κ1) is 9.89. The smallest absolute Gasteiger partial charge is 0.138 e. The zero-order valence-corrected chi connectivity index (χ0v) is 10.1. The molecule has 2 nitrogen and oxygen atoms in total. The Bertz CT molecular complexity index is 670. The number of fused-ring (bicyclic) bond motifs is 2. The van der Waals surface area contributed by atoms with Crippen LogP contribution in [0.2, 0.25) is 0 Å². The summed E-state index contributed by atoms with van der Waals surface area (Å²) < 4.78 is 0. The number of aromatic nitrogens is 2. The minimum atomic E-state index is 0.967. The van der Waals surface area contributed by atoms with Crippen LogP contribution in [0.4, 0.5) is 0 Å². The van der Waals surface area contributed by atoms with Gasteiger partial charge in [0.2, 0.25) is 0 Å². The van der Waals surface area contributed by atoms with Gasteiger partial charge in [0.15, 0.2) is 0 Å². The Morgan fingerprint density at radius 1 is 0.944 bits per heavy atom. The van der Waals surface area contributed by atoms with E-state index in [9.17, 15) is 0 Å². The third kappa shape index (κ3) is 1.46. The monoisotopic (exact) mass is 234 g/mol. The Hall–Kier alpha value is -2.09. The summed E-state index contributed by atoms with van der Waals surface area (Å²) in [6, 6.07) is 14.8. The van der Waals surface area contributed by atoms with E-state index in [1.807, 2.05) is 18.2 Å². The fourth-order valence-corrected chi connectivity index (χ4v) is 2.81. The second kappa shape index (κ2) is 3.70. The normalized spacial score (nSPS) is 14.0. The molecule has 1 aromatic heterocycles. The number of hydrogen-bond acceptors (Lipinski definition) is 1. The molecule has 0 atom stereocenters. The molecule has 4 rings (SSSR count). The molecule has 1 N–H and O–H groups in total. The Labute approximate surface area is 106 Å². The number of aryl methyl sites for hydroxylation is 2. The molecular formula is C16H14N2. The van der Waals surface area contributed by atoms with Crippen molar-refractivity contribution in [2.24, 2.45) is 0 Å². The highest BCUT2D eigenvalue weighted by Crippen LogP contribution is 2.28. The molecule has 0 spiro atoms. The lowest BCUT2D eigenvalue weighted by atomic mass is 10.1. The molecule has 18 heavy (non-hydrogen) atoms. The number of hydrogen-bond donors (Lipinski definition) is 1. The molecule has 88 valence electrons. The maximum Gasteiger partial charge on any atom is 0.138 e. The molecule has 3 aromatic rings. The largest absolute Gasteiger partial charge is 0.338 e. The van der Waals surface area contributed by atoms with Crippen LogP contribution >= 0.6 is 0 Å². The average molecular weight is 234 g/mol. The third-order valence-electron chi connectivity index (χ3n) is 3.74. The van der Waals surface area contributed by atoms with Crippen LogP contribution in [-0.4, -0.2) is 9.97 Å². The van der Waals surface area contributed by atoms with Crippen molar-refractivity contribution in [1.29, 1.82) is 0 Å². The van der Waals surface area contributed by atoms with Crippen LogP contribution in [0.3, 0.4) is 0 Å². The van der Waals surface area contributed by atoms with Gasteiger partial charge in [-0.1, -0.05) is 30.3 Å². The van der Waals surface area contributed by atoms with Gasteiger partial charge in [-0.3, -0.25) is 0 Å². The number of nitrogens with zero attached hydrogens (tertiary/aromatic N) is 1. The van der Waals surface area contributed by atoms with Gasteiger partial charge in [-0.25, -0.2) is 4.98 Å². The topological polar surface area (TPSA) is 28.7 Å². The first-order valence-corrected chi connectivity index (χ1v) is 6.47. The minimum Gasteiger partial charge on any atom is -0.338 e. The maximum absolute atomic E-state index is 4.70. The van der Waals surface area contributed by atoms with Crippen LogP contribution in [0.1, 0.15) is 17.5 Å². The third-order valence-corrected chi connectivity index (χ3v) is 3.74. The molecule has 1 aliphatic carbocycles. The summed E-state index contributed by atoms with van der Waals surface area (Å²) in [5.41, 5.74) is 6.37. The molecule has 0 bridgehead atoms. The fraction of sp³-hybridized carbons (Fsp3) is 0.188. The van der Waals surface area contributed by atoms with Crippen molar-refractivity contribution in [1.82, 2.24) is 9.97 Å². The average Bonchev–Trinajstić information content (AvgIpc) is 3.01. The van der Waals surface area contributed by atoms with Crippen LogP contribution in [0.15, 0.2) is 42.5 Å². The van der Waals surface area contributed by atoms with Crippen molar-refractivity contribution in [3.63, 3.8) is 0 Å². The molecule has 1 aliphatic rings. The van der Waals surface area contributed by atoms with Crippen LogP contribution < -0.4 is 0 Å².